The van der Waals surface area contributed by atoms with Crippen LogP contribution in [0.5, 0.6) is 17.2 Å². The van der Waals surface area contributed by atoms with E-state index in [1.54, 1.807) is 38.3 Å². The monoisotopic (exact) mass is 618 g/mol. The van der Waals surface area contributed by atoms with Gasteiger partial charge in [0, 0.05) is 19.2 Å². The van der Waals surface area contributed by atoms with Crippen LogP contribution >= 0.6 is 7.60 Å². The van der Waals surface area contributed by atoms with Crippen LogP contribution < -0.4 is 14.0 Å². The van der Waals surface area contributed by atoms with Crippen molar-refractivity contribution in [2.45, 2.75) is 72.5 Å². The Balaban J connectivity index is 1.95. The van der Waals surface area contributed by atoms with E-state index in [4.69, 9.17) is 28.0 Å². The van der Waals surface area contributed by atoms with E-state index in [9.17, 15) is 14.2 Å². The molecule has 1 aliphatic heterocycles. The van der Waals surface area contributed by atoms with Crippen molar-refractivity contribution in [1.82, 2.24) is 0 Å². The Morgan fingerprint density at radius 1 is 1.17 bits per heavy atom. The van der Waals surface area contributed by atoms with Crippen molar-refractivity contribution in [3.05, 3.63) is 64.2 Å². The minimum Gasteiger partial charge on any atom is -0.496 e. The molecule has 2 aromatic rings. The van der Waals surface area contributed by atoms with Gasteiger partial charge in [-0.2, -0.15) is 0 Å². The lowest BCUT2D eigenvalue weighted by Gasteiger charge is -2.23. The lowest BCUT2D eigenvalue weighted by Crippen LogP contribution is -2.24. The Labute approximate surface area is 250 Å². The zero-order chi connectivity index (χ0) is 31.1. The molecule has 1 aliphatic rings. The molecule has 42 heavy (non-hydrogen) atoms. The molecule has 2 aromatic carbocycles. The molecule has 0 fully saturated rings. The number of allylic oxidation sites excluding steroid dienone is 2. The van der Waals surface area contributed by atoms with E-state index in [0.29, 0.717) is 47.0 Å². The van der Waals surface area contributed by atoms with Crippen molar-refractivity contribution < 1.29 is 42.1 Å². The Kier molecular flexibility index (Phi) is 11.5. The number of carbonyl (C=O) groups is 2. The number of para-hydroxylation sites is 1. The van der Waals surface area contributed by atoms with E-state index >= 15 is 0 Å². The van der Waals surface area contributed by atoms with Gasteiger partial charge in [-0.3, -0.25) is 4.52 Å². The summed E-state index contributed by atoms with van der Waals surface area (Å²) >= 11 is 0. The number of cyclic esters (lactones) is 1. The van der Waals surface area contributed by atoms with Crippen molar-refractivity contribution in [1.29, 1.82) is 0 Å². The van der Waals surface area contributed by atoms with Crippen molar-refractivity contribution in [2.24, 2.45) is 0 Å². The van der Waals surface area contributed by atoms with Crippen LogP contribution in [0.1, 0.15) is 47.8 Å². The summed E-state index contributed by atoms with van der Waals surface area (Å²) in [6.07, 6.45) is 1.04. The molecule has 9 nitrogen and oxygen atoms in total. The third-order valence-electron chi connectivity index (χ3n) is 6.75. The second-order valence-electron chi connectivity index (χ2n) is 11.5. The van der Waals surface area contributed by atoms with E-state index in [-0.39, 0.29) is 19.4 Å². The predicted octanol–water partition coefficient (Wildman–Crippen LogP) is 7.12. The highest BCUT2D eigenvalue weighted by Gasteiger charge is 2.35. The highest BCUT2D eigenvalue weighted by atomic mass is 31.2. The number of esters is 2. The molecular formula is C31H43O9PSi. The average molecular weight is 619 g/mol. The molecule has 1 unspecified atom stereocenters. The predicted molar refractivity (Wildman–Crippen MR) is 165 cm³/mol. The summed E-state index contributed by atoms with van der Waals surface area (Å²) in [6.45, 7) is 14.5. The molecule has 0 spiro atoms. The summed E-state index contributed by atoms with van der Waals surface area (Å²) in [7, 11) is -3.67. The number of carbonyl (C=O) groups excluding carboxylic acids is 2. The molecule has 0 amide bonds. The van der Waals surface area contributed by atoms with Crippen LogP contribution in [0.4, 0.5) is 0 Å². The minimum atomic E-state index is -3.85. The smallest absolute Gasteiger partial charge is 0.384 e. The fraction of sp³-hybridized carbons (Fsp3) is 0.484. The van der Waals surface area contributed by atoms with Crippen molar-refractivity contribution in [3.8, 4) is 17.2 Å². The molecule has 11 heteroatoms. The van der Waals surface area contributed by atoms with E-state index in [2.05, 4.69) is 19.6 Å². The number of methoxy groups -OCH3 is 1. The van der Waals surface area contributed by atoms with E-state index in [1.807, 2.05) is 26.0 Å². The van der Waals surface area contributed by atoms with Gasteiger partial charge in [0.1, 0.15) is 29.4 Å². The maximum Gasteiger partial charge on any atom is 0.384 e. The van der Waals surface area contributed by atoms with Crippen LogP contribution in [0, 0.1) is 6.92 Å². The van der Waals surface area contributed by atoms with Gasteiger partial charge in [-0.1, -0.05) is 49.5 Å². The summed E-state index contributed by atoms with van der Waals surface area (Å²) in [5, 5.41) is 0. The summed E-state index contributed by atoms with van der Waals surface area (Å²) in [6, 6.07) is 9.59. The topological polar surface area (TPSA) is 107 Å². The SMILES string of the molecule is CCOC(=O)[C@H](C)OP(=O)(CC(C)=CCc1c(OC)c(C)c2c(c1OCC[Si](C)(C)C)C(=O)OC2)Oc1ccccc1. The fourth-order valence-corrected chi connectivity index (χ4v) is 7.20. The molecule has 1 heterocycles. The first kappa shape index (κ1) is 33.4. The van der Waals surface area contributed by atoms with Gasteiger partial charge < -0.3 is 23.5 Å². The third-order valence-corrected chi connectivity index (χ3v) is 10.5. The van der Waals surface area contributed by atoms with Gasteiger partial charge in [-0.15, -0.1) is 0 Å². The molecule has 0 radical (unpaired) electrons. The first-order valence-corrected chi connectivity index (χ1v) is 19.6. The molecular weight excluding hydrogens is 575 g/mol. The van der Waals surface area contributed by atoms with Crippen LogP contribution in [-0.2, 0) is 36.4 Å². The van der Waals surface area contributed by atoms with Crippen LogP contribution in [0.2, 0.25) is 25.7 Å². The van der Waals surface area contributed by atoms with Gasteiger partial charge in [-0.25, -0.2) is 14.2 Å². The second kappa shape index (κ2) is 14.4. The molecule has 0 N–H and O–H groups in total. The van der Waals surface area contributed by atoms with Crippen LogP contribution in [0.25, 0.3) is 0 Å². The molecule has 0 saturated carbocycles. The quantitative estimate of drug-likeness (QED) is 0.0892. The average Bonchev–Trinajstić information content (AvgIpc) is 3.30. The number of hydrogen-bond acceptors (Lipinski definition) is 9. The Morgan fingerprint density at radius 3 is 2.48 bits per heavy atom. The molecule has 0 aliphatic carbocycles. The minimum absolute atomic E-state index is 0.0776. The fourth-order valence-electron chi connectivity index (χ4n) is 4.55. The van der Waals surface area contributed by atoms with Crippen molar-refractivity contribution in [3.63, 3.8) is 0 Å². The zero-order valence-corrected chi connectivity index (χ0v) is 27.8. The van der Waals surface area contributed by atoms with Crippen LogP contribution in [-0.4, -0.2) is 52.6 Å². The van der Waals surface area contributed by atoms with Gasteiger partial charge in [0.05, 0.1) is 26.5 Å². The largest absolute Gasteiger partial charge is 0.496 e. The van der Waals surface area contributed by atoms with Gasteiger partial charge in [0.25, 0.3) is 0 Å². The van der Waals surface area contributed by atoms with Crippen LogP contribution in [0.3, 0.4) is 0 Å². The molecule has 0 aromatic heterocycles. The number of ether oxygens (including phenoxy) is 4. The van der Waals surface area contributed by atoms with E-state index in [0.717, 1.165) is 17.2 Å². The van der Waals surface area contributed by atoms with Crippen LogP contribution in [0.15, 0.2) is 42.0 Å². The molecule has 3 rings (SSSR count). The normalized spacial score (nSPS) is 15.3. The second-order valence-corrected chi connectivity index (χ2v) is 19.0. The molecule has 0 saturated heterocycles. The summed E-state index contributed by atoms with van der Waals surface area (Å²) in [4.78, 5) is 25.1. The summed E-state index contributed by atoms with van der Waals surface area (Å²) < 4.78 is 48.1. The highest BCUT2D eigenvalue weighted by molar-refractivity contribution is 7.54. The summed E-state index contributed by atoms with van der Waals surface area (Å²) in [5.74, 6) is 0.407. The Morgan fingerprint density at radius 2 is 1.86 bits per heavy atom. The van der Waals surface area contributed by atoms with Gasteiger partial charge in [0.15, 0.2) is 6.10 Å². The summed E-state index contributed by atoms with van der Waals surface area (Å²) in [5.41, 5.74) is 3.44. The number of benzene rings is 2. The number of fused-ring (bicyclic) bond motifs is 1. The first-order chi connectivity index (χ1) is 19.8. The van der Waals surface area contributed by atoms with E-state index in [1.165, 1.54) is 6.92 Å². The molecule has 230 valence electrons. The maximum atomic E-state index is 14.0. The molecule has 0 bridgehead atoms. The van der Waals surface area contributed by atoms with Gasteiger partial charge in [0.2, 0.25) is 0 Å². The Bertz CT molecular complexity index is 1350. The van der Waals surface area contributed by atoms with Crippen molar-refractivity contribution in [2.75, 3.05) is 26.5 Å². The van der Waals surface area contributed by atoms with E-state index < -0.39 is 33.7 Å². The standard InChI is InChI=1S/C31H43O9PSi/c1-9-36-30(32)23(4)39-41(34,40-24-13-11-10-12-14-24)20-21(2)15-16-25-28(35-5)22(3)26-19-38-31(33)27(26)29(25)37-17-18-42(6,7)8/h10-15,23H,9,16-20H2,1-8H3/t23-,41?/m0/s1. The van der Waals surface area contributed by atoms with Crippen molar-refractivity contribution >= 4 is 27.6 Å². The number of rotatable bonds is 15. The first-order valence-electron chi connectivity index (χ1n) is 14.1. The zero-order valence-electron chi connectivity index (χ0n) is 25.9. The molecule has 2 atom stereocenters. The lowest BCUT2D eigenvalue weighted by atomic mass is 9.95. The van der Waals surface area contributed by atoms with Gasteiger partial charge in [-0.05, 0) is 57.9 Å². The Hall–Kier alpha value is -3.07. The maximum absolute atomic E-state index is 14.0. The lowest BCUT2D eigenvalue weighted by molar-refractivity contribution is -0.150. The third kappa shape index (κ3) is 8.72. The number of hydrogen-bond donors (Lipinski definition) is 0. The highest BCUT2D eigenvalue weighted by Crippen LogP contribution is 2.51. The van der Waals surface area contributed by atoms with Gasteiger partial charge >= 0.3 is 19.5 Å².